The minimum atomic E-state index is -0.267. The van der Waals surface area contributed by atoms with Crippen LogP contribution in [-0.2, 0) is 13.1 Å². The molecule has 0 N–H and O–H groups in total. The maximum Gasteiger partial charge on any atom is 0.187 e. The van der Waals surface area contributed by atoms with E-state index in [1.54, 1.807) is 14.2 Å². The summed E-state index contributed by atoms with van der Waals surface area (Å²) in [7, 11) is 3.30. The first kappa shape index (κ1) is 20.6. The number of thiazole rings is 1. The molecule has 0 saturated carbocycles. The Hall–Kier alpha value is -2.64. The lowest BCUT2D eigenvalue weighted by molar-refractivity contribution is 0.414. The summed E-state index contributed by atoms with van der Waals surface area (Å²) in [6.45, 7) is 1.28. The van der Waals surface area contributed by atoms with Crippen molar-refractivity contribution in [2.75, 3.05) is 19.1 Å². The average Bonchev–Trinajstić information content (AvgIpc) is 3.19. The Morgan fingerprint density at radius 3 is 1.93 bits per heavy atom. The van der Waals surface area contributed by atoms with Gasteiger partial charge in [0.1, 0.15) is 17.3 Å². The third kappa shape index (κ3) is 4.57. The van der Waals surface area contributed by atoms with Gasteiger partial charge in [-0.1, -0.05) is 51.5 Å². The fraction of sp³-hybridized carbons (Fsp3) is 0.174. The number of anilines is 1. The first-order chi connectivity index (χ1) is 14.6. The van der Waals surface area contributed by atoms with E-state index in [0.29, 0.717) is 27.8 Å². The molecule has 0 aliphatic rings. The van der Waals surface area contributed by atoms with Crippen molar-refractivity contribution in [3.8, 4) is 11.5 Å². The van der Waals surface area contributed by atoms with Crippen LogP contribution in [0.1, 0.15) is 11.1 Å². The van der Waals surface area contributed by atoms with E-state index in [2.05, 4.69) is 20.8 Å². The predicted octanol–water partition coefficient (Wildman–Crippen LogP) is 6.42. The highest BCUT2D eigenvalue weighted by Crippen LogP contribution is 2.34. The molecule has 1 heterocycles. The summed E-state index contributed by atoms with van der Waals surface area (Å²) in [5.74, 6) is 1.36. The monoisotopic (exact) mass is 486 g/mol. The zero-order valence-corrected chi connectivity index (χ0v) is 19.0. The first-order valence-electron chi connectivity index (χ1n) is 9.32. The van der Waals surface area contributed by atoms with E-state index in [1.807, 2.05) is 54.6 Å². The maximum absolute atomic E-state index is 14.4. The van der Waals surface area contributed by atoms with Crippen molar-refractivity contribution in [3.63, 3.8) is 0 Å². The van der Waals surface area contributed by atoms with E-state index >= 15 is 0 Å². The van der Waals surface area contributed by atoms with Gasteiger partial charge in [-0.05, 0) is 47.5 Å². The fourth-order valence-corrected chi connectivity index (χ4v) is 4.55. The summed E-state index contributed by atoms with van der Waals surface area (Å²) in [6, 6.07) is 19.2. The molecular formula is C23H20BrFN2O2S. The van der Waals surface area contributed by atoms with Gasteiger partial charge in [0, 0.05) is 17.6 Å². The molecule has 0 bridgehead atoms. The van der Waals surface area contributed by atoms with Gasteiger partial charge in [0.15, 0.2) is 5.13 Å². The molecule has 0 unspecified atom stereocenters. The summed E-state index contributed by atoms with van der Waals surface area (Å²) in [5.41, 5.74) is 2.88. The Kier molecular flexibility index (Phi) is 6.20. The second kappa shape index (κ2) is 9.02. The molecule has 4 nitrogen and oxygen atoms in total. The van der Waals surface area contributed by atoms with Gasteiger partial charge >= 0.3 is 0 Å². The Balaban J connectivity index is 1.68. The number of hydrogen-bond donors (Lipinski definition) is 0. The Bertz CT molecular complexity index is 1100. The van der Waals surface area contributed by atoms with Crippen LogP contribution >= 0.6 is 27.3 Å². The minimum Gasteiger partial charge on any atom is -0.497 e. The molecule has 3 aromatic carbocycles. The number of aromatic nitrogens is 1. The van der Waals surface area contributed by atoms with E-state index in [0.717, 1.165) is 27.8 Å². The number of fused-ring (bicyclic) bond motifs is 1. The number of ether oxygens (including phenoxy) is 2. The maximum atomic E-state index is 14.4. The van der Waals surface area contributed by atoms with E-state index < -0.39 is 0 Å². The number of benzene rings is 3. The van der Waals surface area contributed by atoms with Crippen molar-refractivity contribution in [1.29, 1.82) is 0 Å². The molecule has 154 valence electrons. The van der Waals surface area contributed by atoms with Crippen LogP contribution in [0.2, 0.25) is 0 Å². The van der Waals surface area contributed by atoms with Crippen LogP contribution in [-0.4, -0.2) is 19.2 Å². The van der Waals surface area contributed by atoms with Crippen LogP contribution in [0.3, 0.4) is 0 Å². The molecule has 0 spiro atoms. The number of rotatable bonds is 7. The van der Waals surface area contributed by atoms with Crippen LogP contribution < -0.4 is 14.4 Å². The highest BCUT2D eigenvalue weighted by Gasteiger charge is 2.16. The quantitative estimate of drug-likeness (QED) is 0.301. The van der Waals surface area contributed by atoms with Crippen molar-refractivity contribution in [3.05, 3.63) is 82.1 Å². The van der Waals surface area contributed by atoms with Gasteiger partial charge in [0.25, 0.3) is 0 Å². The van der Waals surface area contributed by atoms with Crippen LogP contribution in [0.25, 0.3) is 10.2 Å². The van der Waals surface area contributed by atoms with Crippen molar-refractivity contribution >= 4 is 42.6 Å². The van der Waals surface area contributed by atoms with E-state index in [9.17, 15) is 4.39 Å². The molecule has 0 radical (unpaired) electrons. The lowest BCUT2D eigenvalue weighted by atomic mass is 10.1. The Morgan fingerprint density at radius 1 is 0.900 bits per heavy atom. The molecule has 0 aliphatic carbocycles. The molecule has 30 heavy (non-hydrogen) atoms. The normalized spacial score (nSPS) is 10.9. The summed E-state index contributed by atoms with van der Waals surface area (Å²) in [6.07, 6.45) is 0. The summed E-state index contributed by atoms with van der Waals surface area (Å²) < 4.78 is 26.2. The molecule has 0 amide bonds. The number of halogens is 2. The van der Waals surface area contributed by atoms with Gasteiger partial charge in [-0.25, -0.2) is 9.37 Å². The largest absolute Gasteiger partial charge is 0.497 e. The van der Waals surface area contributed by atoms with Gasteiger partial charge < -0.3 is 14.4 Å². The molecule has 7 heteroatoms. The van der Waals surface area contributed by atoms with Crippen molar-refractivity contribution in [2.45, 2.75) is 13.1 Å². The minimum absolute atomic E-state index is 0.267. The lowest BCUT2D eigenvalue weighted by Crippen LogP contribution is -2.21. The van der Waals surface area contributed by atoms with Crippen LogP contribution in [0.15, 0.2) is 65.1 Å². The molecule has 4 rings (SSSR count). The van der Waals surface area contributed by atoms with E-state index in [1.165, 1.54) is 17.4 Å². The zero-order valence-electron chi connectivity index (χ0n) is 16.6. The summed E-state index contributed by atoms with van der Waals surface area (Å²) in [4.78, 5) is 6.87. The molecular weight excluding hydrogens is 467 g/mol. The zero-order chi connectivity index (χ0) is 21.1. The van der Waals surface area contributed by atoms with E-state index in [-0.39, 0.29) is 5.82 Å². The standard InChI is InChI=1S/C23H20BrFN2O2S/c1-28-18-7-3-15(4-8-18)13-27(14-16-5-9-19(29-2)10-6-16)23-26-21-12-17(24)11-20(25)22(21)30-23/h3-12H,13-14H2,1-2H3. The topological polar surface area (TPSA) is 34.6 Å². The number of nitrogens with zero attached hydrogens (tertiary/aromatic N) is 2. The highest BCUT2D eigenvalue weighted by atomic mass is 79.9. The van der Waals surface area contributed by atoms with Crippen LogP contribution in [0, 0.1) is 5.82 Å². The summed E-state index contributed by atoms with van der Waals surface area (Å²) in [5, 5.41) is 0.772. The second-order valence-corrected chi connectivity index (χ2v) is 8.68. The highest BCUT2D eigenvalue weighted by molar-refractivity contribution is 9.10. The second-order valence-electron chi connectivity index (χ2n) is 6.78. The third-order valence-corrected chi connectivity index (χ3v) is 6.33. The fourth-order valence-electron chi connectivity index (χ4n) is 3.18. The number of hydrogen-bond acceptors (Lipinski definition) is 5. The van der Waals surface area contributed by atoms with Crippen molar-refractivity contribution in [2.24, 2.45) is 0 Å². The van der Waals surface area contributed by atoms with Gasteiger partial charge in [-0.2, -0.15) is 0 Å². The smallest absolute Gasteiger partial charge is 0.187 e. The van der Waals surface area contributed by atoms with Gasteiger partial charge in [0.2, 0.25) is 0 Å². The molecule has 0 atom stereocenters. The van der Waals surface area contributed by atoms with Gasteiger partial charge in [0.05, 0.1) is 24.4 Å². The van der Waals surface area contributed by atoms with E-state index in [4.69, 9.17) is 14.5 Å². The van der Waals surface area contributed by atoms with Crippen LogP contribution in [0.4, 0.5) is 9.52 Å². The third-order valence-electron chi connectivity index (χ3n) is 4.73. The molecule has 0 aliphatic heterocycles. The van der Waals surface area contributed by atoms with Crippen molar-refractivity contribution in [1.82, 2.24) is 4.98 Å². The van der Waals surface area contributed by atoms with Gasteiger partial charge in [-0.3, -0.25) is 0 Å². The number of methoxy groups -OCH3 is 2. The SMILES string of the molecule is COc1ccc(CN(Cc2ccc(OC)cc2)c2nc3cc(Br)cc(F)c3s2)cc1. The molecule has 0 fully saturated rings. The first-order valence-corrected chi connectivity index (χ1v) is 10.9. The van der Waals surface area contributed by atoms with Crippen molar-refractivity contribution < 1.29 is 13.9 Å². The Labute approximate surface area is 187 Å². The predicted molar refractivity (Wildman–Crippen MR) is 123 cm³/mol. The van der Waals surface area contributed by atoms with Gasteiger partial charge in [-0.15, -0.1) is 0 Å². The molecule has 4 aromatic rings. The molecule has 1 aromatic heterocycles. The Morgan fingerprint density at radius 2 is 1.43 bits per heavy atom. The lowest BCUT2D eigenvalue weighted by Gasteiger charge is -2.22. The summed E-state index contributed by atoms with van der Waals surface area (Å²) >= 11 is 4.72. The average molecular weight is 487 g/mol. The van der Waals surface area contributed by atoms with Crippen LogP contribution in [0.5, 0.6) is 11.5 Å². The molecule has 0 saturated heterocycles.